The Bertz CT molecular complexity index is 683. The summed E-state index contributed by atoms with van der Waals surface area (Å²) in [6.45, 7) is 0. The average molecular weight is 328 g/mol. The Labute approximate surface area is 114 Å². The van der Waals surface area contributed by atoms with Gasteiger partial charge >= 0.3 is 0 Å². The molecule has 0 radical (unpaired) electrons. The van der Waals surface area contributed by atoms with Gasteiger partial charge in [-0.25, -0.2) is 8.78 Å². The number of nitrogens with zero attached hydrogens (tertiary/aromatic N) is 2. The Morgan fingerprint density at radius 1 is 1.16 bits per heavy atom. The molecule has 1 aromatic heterocycles. The van der Waals surface area contributed by atoms with Crippen LogP contribution in [0.15, 0.2) is 28.7 Å². The van der Waals surface area contributed by atoms with Crippen molar-refractivity contribution in [2.45, 2.75) is 0 Å². The second-order valence-electron chi connectivity index (χ2n) is 3.52. The largest absolute Gasteiger partial charge is 0.337 e. The fraction of sp³-hybridized carbons (Fsp3) is 0. The van der Waals surface area contributed by atoms with Crippen molar-refractivity contribution < 1.29 is 13.2 Å². The molecular formula is C12H5BrF3N3. The molecular weight excluding hydrogens is 323 g/mol. The van der Waals surface area contributed by atoms with Crippen LogP contribution in [0.5, 0.6) is 0 Å². The summed E-state index contributed by atoms with van der Waals surface area (Å²) in [5.74, 6) is -4.34. The van der Waals surface area contributed by atoms with Crippen molar-refractivity contribution in [1.82, 2.24) is 4.98 Å². The van der Waals surface area contributed by atoms with Crippen LogP contribution in [0.2, 0.25) is 0 Å². The number of pyridine rings is 1. The third kappa shape index (κ3) is 2.85. The molecule has 0 fully saturated rings. The van der Waals surface area contributed by atoms with Gasteiger partial charge in [0.1, 0.15) is 6.07 Å². The van der Waals surface area contributed by atoms with Gasteiger partial charge in [0.05, 0.1) is 11.3 Å². The molecule has 96 valence electrons. The normalized spacial score (nSPS) is 10.1. The highest BCUT2D eigenvalue weighted by atomic mass is 79.9. The molecule has 2 aromatic rings. The Morgan fingerprint density at radius 3 is 2.58 bits per heavy atom. The van der Waals surface area contributed by atoms with Crippen LogP contribution in [0, 0.1) is 28.9 Å². The highest BCUT2D eigenvalue weighted by Crippen LogP contribution is 2.25. The number of benzene rings is 1. The van der Waals surface area contributed by atoms with Gasteiger partial charge in [0, 0.05) is 10.5 Å². The first kappa shape index (κ1) is 13.4. The van der Waals surface area contributed by atoms with Crippen LogP contribution in [0.3, 0.4) is 0 Å². The van der Waals surface area contributed by atoms with E-state index in [-0.39, 0.29) is 11.3 Å². The van der Waals surface area contributed by atoms with Crippen LogP contribution < -0.4 is 5.32 Å². The maximum absolute atomic E-state index is 13.4. The van der Waals surface area contributed by atoms with Crippen molar-refractivity contribution in [3.8, 4) is 6.07 Å². The second kappa shape index (κ2) is 5.28. The van der Waals surface area contributed by atoms with E-state index < -0.39 is 23.4 Å². The average Bonchev–Trinajstić information content (AvgIpc) is 2.36. The summed E-state index contributed by atoms with van der Waals surface area (Å²) >= 11 is 3.19. The van der Waals surface area contributed by atoms with Crippen LogP contribution in [0.25, 0.3) is 0 Å². The summed E-state index contributed by atoms with van der Waals surface area (Å²) in [4.78, 5) is 3.12. The number of aromatic nitrogens is 1. The van der Waals surface area contributed by atoms with Gasteiger partial charge in [0.25, 0.3) is 5.95 Å². The van der Waals surface area contributed by atoms with E-state index in [0.29, 0.717) is 10.5 Å². The van der Waals surface area contributed by atoms with Gasteiger partial charge in [-0.1, -0.05) is 15.9 Å². The Hall–Kier alpha value is -2.07. The molecule has 0 unspecified atom stereocenters. The van der Waals surface area contributed by atoms with Gasteiger partial charge in [-0.05, 0) is 18.2 Å². The van der Waals surface area contributed by atoms with E-state index in [9.17, 15) is 13.2 Å². The summed E-state index contributed by atoms with van der Waals surface area (Å²) in [6.07, 6.45) is 0. The molecule has 2 rings (SSSR count). The first-order valence-corrected chi connectivity index (χ1v) is 5.79. The number of nitriles is 1. The van der Waals surface area contributed by atoms with Crippen molar-refractivity contribution >= 4 is 27.4 Å². The van der Waals surface area contributed by atoms with E-state index in [4.69, 9.17) is 5.26 Å². The van der Waals surface area contributed by atoms with Crippen LogP contribution >= 0.6 is 15.9 Å². The monoisotopic (exact) mass is 327 g/mol. The molecule has 0 atom stereocenters. The third-order valence-corrected chi connectivity index (χ3v) is 2.74. The SMILES string of the molecule is N#Cc1ccc(Br)cc1Nc1nc(F)c(F)cc1F. The van der Waals surface area contributed by atoms with Gasteiger partial charge in [-0.3, -0.25) is 0 Å². The molecule has 1 N–H and O–H groups in total. The fourth-order valence-corrected chi connectivity index (χ4v) is 1.74. The van der Waals surface area contributed by atoms with E-state index in [1.807, 2.05) is 6.07 Å². The minimum atomic E-state index is -1.42. The summed E-state index contributed by atoms with van der Waals surface area (Å²) in [6, 6.07) is 6.89. The number of halogens is 4. The number of hydrogen-bond donors (Lipinski definition) is 1. The van der Waals surface area contributed by atoms with Crippen LogP contribution in [0.4, 0.5) is 24.7 Å². The number of rotatable bonds is 2. The lowest BCUT2D eigenvalue weighted by molar-refractivity contribution is 0.467. The van der Waals surface area contributed by atoms with Crippen LogP contribution in [-0.4, -0.2) is 4.98 Å². The standard InChI is InChI=1S/C12H5BrF3N3/c13-7-2-1-6(5-17)10(3-7)18-12-9(15)4-8(14)11(16)19-12/h1-4H,(H,18,19). The molecule has 19 heavy (non-hydrogen) atoms. The van der Waals surface area contributed by atoms with Crippen LogP contribution in [-0.2, 0) is 0 Å². The van der Waals surface area contributed by atoms with Crippen molar-refractivity contribution in [3.05, 3.63) is 51.9 Å². The van der Waals surface area contributed by atoms with Crippen molar-refractivity contribution in [2.24, 2.45) is 0 Å². The van der Waals surface area contributed by atoms with E-state index in [2.05, 4.69) is 26.2 Å². The summed E-state index contributed by atoms with van der Waals surface area (Å²) in [7, 11) is 0. The lowest BCUT2D eigenvalue weighted by Crippen LogP contribution is -2.02. The zero-order chi connectivity index (χ0) is 14.0. The van der Waals surface area contributed by atoms with Gasteiger partial charge in [-0.2, -0.15) is 14.6 Å². The smallest absolute Gasteiger partial charge is 0.251 e. The van der Waals surface area contributed by atoms with Crippen LogP contribution in [0.1, 0.15) is 5.56 Å². The molecule has 0 saturated carbocycles. The molecule has 1 aromatic carbocycles. The summed E-state index contributed by atoms with van der Waals surface area (Å²) < 4.78 is 39.8. The molecule has 7 heteroatoms. The van der Waals surface area contributed by atoms with Crippen molar-refractivity contribution in [1.29, 1.82) is 5.26 Å². The fourth-order valence-electron chi connectivity index (χ4n) is 1.38. The van der Waals surface area contributed by atoms with E-state index in [1.165, 1.54) is 12.1 Å². The molecule has 0 saturated heterocycles. The maximum Gasteiger partial charge on any atom is 0.251 e. The zero-order valence-electron chi connectivity index (χ0n) is 9.22. The first-order chi connectivity index (χ1) is 9.01. The predicted molar refractivity (Wildman–Crippen MR) is 66.3 cm³/mol. The number of hydrogen-bond acceptors (Lipinski definition) is 3. The molecule has 1 heterocycles. The molecule has 0 aliphatic carbocycles. The molecule has 0 bridgehead atoms. The zero-order valence-corrected chi connectivity index (χ0v) is 10.8. The van der Waals surface area contributed by atoms with Gasteiger partial charge in [-0.15, -0.1) is 0 Å². The lowest BCUT2D eigenvalue weighted by atomic mass is 10.2. The van der Waals surface area contributed by atoms with Gasteiger partial charge < -0.3 is 5.32 Å². The number of anilines is 2. The van der Waals surface area contributed by atoms with E-state index in [0.717, 1.165) is 0 Å². The van der Waals surface area contributed by atoms with E-state index >= 15 is 0 Å². The van der Waals surface area contributed by atoms with Crippen molar-refractivity contribution in [3.63, 3.8) is 0 Å². The second-order valence-corrected chi connectivity index (χ2v) is 4.43. The molecule has 3 nitrogen and oxygen atoms in total. The molecule has 0 amide bonds. The predicted octanol–water partition coefficient (Wildman–Crippen LogP) is 3.88. The Kier molecular flexibility index (Phi) is 3.71. The topological polar surface area (TPSA) is 48.7 Å². The van der Waals surface area contributed by atoms with Gasteiger partial charge in [0.15, 0.2) is 17.5 Å². The van der Waals surface area contributed by atoms with Gasteiger partial charge in [0.2, 0.25) is 0 Å². The minimum Gasteiger partial charge on any atom is -0.337 e. The Balaban J connectivity index is 2.45. The number of nitrogens with one attached hydrogen (secondary N) is 1. The Morgan fingerprint density at radius 2 is 1.89 bits per heavy atom. The maximum atomic E-state index is 13.4. The molecule has 0 aliphatic heterocycles. The lowest BCUT2D eigenvalue weighted by Gasteiger charge is -2.09. The molecule has 0 spiro atoms. The first-order valence-electron chi connectivity index (χ1n) is 4.99. The quantitative estimate of drug-likeness (QED) is 0.851. The summed E-state index contributed by atoms with van der Waals surface area (Å²) in [5, 5.41) is 11.4. The van der Waals surface area contributed by atoms with E-state index in [1.54, 1.807) is 6.07 Å². The highest BCUT2D eigenvalue weighted by Gasteiger charge is 2.13. The third-order valence-electron chi connectivity index (χ3n) is 2.24. The minimum absolute atomic E-state index is 0.217. The summed E-state index contributed by atoms with van der Waals surface area (Å²) in [5.41, 5.74) is 0.448. The molecule has 0 aliphatic rings. The van der Waals surface area contributed by atoms with Crippen molar-refractivity contribution in [2.75, 3.05) is 5.32 Å². The highest BCUT2D eigenvalue weighted by molar-refractivity contribution is 9.10.